The van der Waals surface area contributed by atoms with Crippen molar-refractivity contribution in [1.82, 2.24) is 51.8 Å². The zero-order chi connectivity index (χ0) is 44.2. The van der Waals surface area contributed by atoms with E-state index in [4.69, 9.17) is 22.9 Å². The molecule has 59 heavy (non-hydrogen) atoms. The number of nitrogens with one attached hydrogen (secondary N) is 8. The summed E-state index contributed by atoms with van der Waals surface area (Å²) in [4.78, 5) is 119. The number of H-pyrrole nitrogens is 2. The molecule has 2 aromatic rings. The number of aliphatic carboxylic acids is 1. The standard InChI is InChI=1S/C33H53N15O11/c1-15(43-27(53)19(34)5-6-24(35)51)26(52)48-25(16(2)50)31(57)45-21(8-17-10-38-13-41-17)29(55)44-20(4-3-7-40-33(36)37)28(54)47-23(12-49)30(56)46-22(32(58)59)9-18-11-39-14-42-18/h10-11,13-16,19-23,25,49-50H,3-9,12,34H2,1-2H3,(H2,35,51)(H,38,41)(H,39,42)(H,43,53)(H,44,55)(H,45,57)(H,46,56)(H,47,54)(H,48,52)(H,58,59)(H4,36,37,40)/t15-,16+,19-,20-,21-,22-,23-,25-/m0/s1. The van der Waals surface area contributed by atoms with Gasteiger partial charge in [0.25, 0.3) is 0 Å². The van der Waals surface area contributed by atoms with E-state index in [2.05, 4.69) is 56.8 Å². The molecule has 0 aromatic carbocycles. The molecule has 0 saturated heterocycles. The molecule has 7 amide bonds. The van der Waals surface area contributed by atoms with E-state index in [0.29, 0.717) is 11.4 Å². The molecule has 0 radical (unpaired) electrons. The molecule has 0 aliphatic carbocycles. The van der Waals surface area contributed by atoms with Crippen molar-refractivity contribution in [2.45, 2.75) is 101 Å². The fourth-order valence-corrected chi connectivity index (χ4v) is 5.19. The molecule has 0 spiro atoms. The van der Waals surface area contributed by atoms with Crippen molar-refractivity contribution >= 4 is 53.3 Å². The lowest BCUT2D eigenvalue weighted by Crippen LogP contribution is -2.61. The first kappa shape index (κ1) is 48.5. The highest BCUT2D eigenvalue weighted by Crippen LogP contribution is 2.07. The number of aromatic nitrogens is 4. The number of guanidine groups is 1. The minimum absolute atomic E-state index is 0.00204. The highest BCUT2D eigenvalue weighted by molar-refractivity contribution is 5.97. The average molecular weight is 836 g/mol. The highest BCUT2D eigenvalue weighted by Gasteiger charge is 2.34. The van der Waals surface area contributed by atoms with E-state index >= 15 is 0 Å². The van der Waals surface area contributed by atoms with Crippen LogP contribution >= 0.6 is 0 Å². The zero-order valence-electron chi connectivity index (χ0n) is 32.3. The first-order valence-electron chi connectivity index (χ1n) is 18.2. The number of carbonyl (C=O) groups excluding carboxylic acids is 7. The van der Waals surface area contributed by atoms with Crippen LogP contribution in [0.25, 0.3) is 0 Å². The molecule has 0 bridgehead atoms. The van der Waals surface area contributed by atoms with E-state index < -0.39 is 102 Å². The largest absolute Gasteiger partial charge is 0.480 e. The molecule has 0 aliphatic heterocycles. The van der Waals surface area contributed by atoms with Crippen LogP contribution in [0.5, 0.6) is 0 Å². The van der Waals surface area contributed by atoms with E-state index in [-0.39, 0.29) is 51.0 Å². The van der Waals surface area contributed by atoms with E-state index in [1.807, 2.05) is 0 Å². The van der Waals surface area contributed by atoms with Crippen molar-refractivity contribution < 1.29 is 53.7 Å². The summed E-state index contributed by atoms with van der Waals surface area (Å²) in [5, 5.41) is 44.2. The number of imidazole rings is 2. The van der Waals surface area contributed by atoms with Crippen LogP contribution in [0.2, 0.25) is 0 Å². The molecular weight excluding hydrogens is 782 g/mol. The number of aliphatic hydroxyl groups is 2. The zero-order valence-corrected chi connectivity index (χ0v) is 32.3. The lowest BCUT2D eigenvalue weighted by Gasteiger charge is -2.27. The quantitative estimate of drug-likeness (QED) is 0.0238. The molecule has 326 valence electrons. The van der Waals surface area contributed by atoms with E-state index in [9.17, 15) is 53.7 Å². The van der Waals surface area contributed by atoms with Crippen LogP contribution in [0.15, 0.2) is 30.0 Å². The molecule has 26 heteroatoms. The number of hydrogen-bond acceptors (Lipinski definition) is 14. The molecule has 2 aromatic heterocycles. The summed E-state index contributed by atoms with van der Waals surface area (Å²) in [6.07, 6.45) is 2.95. The van der Waals surface area contributed by atoms with Crippen LogP contribution in [0.3, 0.4) is 0 Å². The van der Waals surface area contributed by atoms with Gasteiger partial charge >= 0.3 is 5.97 Å². The number of nitrogens with zero attached hydrogens (tertiary/aromatic N) is 3. The van der Waals surface area contributed by atoms with Gasteiger partial charge in [0.05, 0.1) is 31.4 Å². The summed E-state index contributed by atoms with van der Waals surface area (Å²) in [6.45, 7) is 1.48. The second-order valence-electron chi connectivity index (χ2n) is 13.3. The van der Waals surface area contributed by atoms with Crippen LogP contribution in [-0.4, -0.2) is 150 Å². The average Bonchev–Trinajstić information content (AvgIpc) is 3.89. The minimum atomic E-state index is -1.69. The van der Waals surface area contributed by atoms with Gasteiger partial charge in [-0.2, -0.15) is 0 Å². The van der Waals surface area contributed by atoms with Gasteiger partial charge in [-0.05, 0) is 33.1 Å². The van der Waals surface area contributed by atoms with Crippen LogP contribution in [0.1, 0.15) is 50.9 Å². The van der Waals surface area contributed by atoms with Crippen molar-refractivity contribution in [2.75, 3.05) is 13.2 Å². The Kier molecular flexibility index (Phi) is 19.9. The van der Waals surface area contributed by atoms with Gasteiger partial charge in [0, 0.05) is 49.6 Å². The summed E-state index contributed by atoms with van der Waals surface area (Å²) >= 11 is 0. The van der Waals surface area contributed by atoms with Crippen LogP contribution in [0, 0.1) is 0 Å². The third-order valence-corrected chi connectivity index (χ3v) is 8.45. The number of carboxylic acids is 1. The number of carboxylic acid groups (broad SMARTS) is 1. The van der Waals surface area contributed by atoms with Crippen molar-refractivity contribution in [3.8, 4) is 0 Å². The monoisotopic (exact) mass is 835 g/mol. The normalized spacial score (nSPS) is 15.0. The van der Waals surface area contributed by atoms with Gasteiger partial charge in [-0.15, -0.1) is 0 Å². The Morgan fingerprint density at radius 3 is 1.75 bits per heavy atom. The fraction of sp³-hybridized carbons (Fsp3) is 0.545. The molecule has 19 N–H and O–H groups in total. The summed E-state index contributed by atoms with van der Waals surface area (Å²) < 4.78 is 0. The Morgan fingerprint density at radius 1 is 0.712 bits per heavy atom. The van der Waals surface area contributed by atoms with Gasteiger partial charge in [0.2, 0.25) is 41.4 Å². The van der Waals surface area contributed by atoms with E-state index in [1.165, 1.54) is 38.9 Å². The van der Waals surface area contributed by atoms with Crippen molar-refractivity contribution in [3.05, 3.63) is 36.4 Å². The van der Waals surface area contributed by atoms with Crippen LogP contribution in [-0.2, 0) is 51.2 Å². The molecule has 0 saturated carbocycles. The molecule has 8 atom stereocenters. The first-order chi connectivity index (χ1) is 27.8. The number of aliphatic hydroxyl groups excluding tert-OH is 2. The van der Waals surface area contributed by atoms with Crippen molar-refractivity contribution in [2.24, 2.45) is 27.9 Å². The molecular formula is C33H53N15O11. The number of aliphatic imine (C=N–C) groups is 1. The number of nitrogens with two attached hydrogens (primary N) is 4. The smallest absolute Gasteiger partial charge is 0.326 e. The molecule has 26 nitrogen and oxygen atoms in total. The molecule has 2 heterocycles. The predicted octanol–water partition coefficient (Wildman–Crippen LogP) is -7.05. The Morgan fingerprint density at radius 2 is 1.24 bits per heavy atom. The van der Waals surface area contributed by atoms with Crippen molar-refractivity contribution in [1.29, 1.82) is 0 Å². The Balaban J connectivity index is 2.27. The summed E-state index contributed by atoms with van der Waals surface area (Å²) in [7, 11) is 0. The van der Waals surface area contributed by atoms with Gasteiger partial charge in [0.1, 0.15) is 36.3 Å². The van der Waals surface area contributed by atoms with Crippen molar-refractivity contribution in [3.63, 3.8) is 0 Å². The number of rotatable bonds is 26. The predicted molar refractivity (Wildman–Crippen MR) is 205 cm³/mol. The highest BCUT2D eigenvalue weighted by atomic mass is 16.4. The number of aromatic amines is 2. The number of carbonyl (C=O) groups is 8. The van der Waals surface area contributed by atoms with Gasteiger partial charge < -0.3 is 80.1 Å². The third kappa shape index (κ3) is 17.2. The Hall–Kier alpha value is -6.67. The summed E-state index contributed by atoms with van der Waals surface area (Å²) in [5.41, 5.74) is 22.3. The number of amides is 7. The van der Waals surface area contributed by atoms with Crippen LogP contribution < -0.4 is 54.8 Å². The third-order valence-electron chi connectivity index (χ3n) is 8.45. The summed E-state index contributed by atoms with van der Waals surface area (Å²) in [6, 6.07) is -10.3. The van der Waals surface area contributed by atoms with E-state index in [0.717, 1.165) is 0 Å². The first-order valence-corrected chi connectivity index (χ1v) is 18.2. The number of hydrogen-bond donors (Lipinski definition) is 15. The molecule has 2 rings (SSSR count). The second kappa shape index (κ2) is 24.2. The second-order valence-corrected chi connectivity index (χ2v) is 13.3. The lowest BCUT2D eigenvalue weighted by atomic mass is 10.1. The molecule has 0 fully saturated rings. The van der Waals surface area contributed by atoms with Gasteiger partial charge in [0.15, 0.2) is 5.96 Å². The van der Waals surface area contributed by atoms with Crippen LogP contribution in [0.4, 0.5) is 0 Å². The fourth-order valence-electron chi connectivity index (χ4n) is 5.19. The maximum absolute atomic E-state index is 13.9. The topological polar surface area (TPSA) is 443 Å². The maximum Gasteiger partial charge on any atom is 0.326 e. The Labute approximate surface area is 336 Å². The van der Waals surface area contributed by atoms with Gasteiger partial charge in [-0.1, -0.05) is 0 Å². The van der Waals surface area contributed by atoms with Gasteiger partial charge in [-0.25, -0.2) is 14.8 Å². The summed E-state index contributed by atoms with van der Waals surface area (Å²) in [5.74, 6) is -8.15. The minimum Gasteiger partial charge on any atom is -0.480 e. The Bertz CT molecular complexity index is 1750. The maximum atomic E-state index is 13.9. The van der Waals surface area contributed by atoms with E-state index in [1.54, 1.807) is 0 Å². The SMILES string of the molecule is C[C@H](NC(=O)[C@@H](N)CCC(N)=O)C(=O)N[C@H](C(=O)N[C@@H](Cc1cnc[nH]1)C(=O)N[C@@H](CCCN=C(N)N)C(=O)N[C@@H](CO)C(=O)N[C@@H](Cc1cnc[nH]1)C(=O)O)[C@@H](C)O. The number of primary amides is 1. The molecule has 0 unspecified atom stereocenters. The lowest BCUT2D eigenvalue weighted by molar-refractivity contribution is -0.142. The molecule has 0 aliphatic rings. The van der Waals surface area contributed by atoms with Gasteiger partial charge in [-0.3, -0.25) is 38.6 Å².